The van der Waals surface area contributed by atoms with Gasteiger partial charge in [0, 0.05) is 37.8 Å². The Morgan fingerprint density at radius 3 is 2.33 bits per heavy atom. The van der Waals surface area contributed by atoms with Crippen LogP contribution in [0.3, 0.4) is 0 Å². The van der Waals surface area contributed by atoms with Gasteiger partial charge in [0.2, 0.25) is 0 Å². The molecule has 1 fully saturated rings. The number of hydrogen-bond donors (Lipinski definition) is 1. The van der Waals surface area contributed by atoms with Gasteiger partial charge in [-0.05, 0) is 18.5 Å². The summed E-state index contributed by atoms with van der Waals surface area (Å²) in [5, 5.41) is 9.23. The molecule has 0 aliphatic carbocycles. The number of hydrogen-bond acceptors (Lipinski definition) is 5. The zero-order chi connectivity index (χ0) is 20.9. The van der Waals surface area contributed by atoms with Crippen LogP contribution in [0.15, 0.2) is 60.7 Å². The predicted molar refractivity (Wildman–Crippen MR) is 119 cm³/mol. The maximum Gasteiger partial charge on any atom is 0.117 e. The fourth-order valence-corrected chi connectivity index (χ4v) is 4.81. The summed E-state index contributed by atoms with van der Waals surface area (Å²) in [4.78, 5) is 5.23. The quantitative estimate of drug-likeness (QED) is 0.675. The van der Waals surface area contributed by atoms with Crippen molar-refractivity contribution >= 4 is 11.9 Å². The molecule has 0 radical (unpaired) electrons. The lowest BCUT2D eigenvalue weighted by molar-refractivity contribution is 0.122. The Bertz CT molecular complexity index is 933. The van der Waals surface area contributed by atoms with Crippen LogP contribution in [0.5, 0.6) is 0 Å². The Balaban J connectivity index is 0.00000106. The summed E-state index contributed by atoms with van der Waals surface area (Å²) in [6, 6.07) is 22.2. The van der Waals surface area contributed by atoms with Gasteiger partial charge < -0.3 is 0 Å². The van der Waals surface area contributed by atoms with Gasteiger partial charge in [-0.25, -0.2) is 4.68 Å². The number of fused-ring (bicyclic) bond motifs is 3. The Hall–Kier alpha value is -2.25. The molecule has 2 aromatic carbocycles. The first kappa shape index (κ1) is 21.0. The van der Waals surface area contributed by atoms with Crippen molar-refractivity contribution in [3.8, 4) is 11.3 Å². The van der Waals surface area contributed by atoms with Crippen molar-refractivity contribution in [2.75, 3.05) is 19.6 Å². The van der Waals surface area contributed by atoms with Crippen LogP contribution in [-0.2, 0) is 13.1 Å². The normalized spacial score (nSPS) is 20.9. The van der Waals surface area contributed by atoms with Crippen molar-refractivity contribution in [1.82, 2.24) is 24.8 Å². The Morgan fingerprint density at radius 1 is 0.967 bits per heavy atom. The minimum absolute atomic E-state index is 0.379. The molecule has 2 unspecified atom stereocenters. The lowest BCUT2D eigenvalue weighted by Crippen LogP contribution is -2.46. The molecule has 0 saturated carbocycles. The number of benzene rings is 2. The van der Waals surface area contributed by atoms with E-state index in [1.807, 2.05) is 0 Å². The molecular formula is C23H28ClN5O. The van der Waals surface area contributed by atoms with Crippen molar-refractivity contribution in [3.63, 3.8) is 0 Å². The summed E-state index contributed by atoms with van der Waals surface area (Å²) in [7, 11) is 0. The van der Waals surface area contributed by atoms with E-state index in [1.54, 1.807) is 0 Å². The van der Waals surface area contributed by atoms with Gasteiger partial charge in [0.25, 0.3) is 0 Å². The molecule has 30 heavy (non-hydrogen) atoms. The minimum atomic E-state index is 0.379. The van der Waals surface area contributed by atoms with E-state index in [-0.39, 0.29) is 0 Å². The standard InChI is InChI=1S/C23H27N5.ClHO/c1-2-13-27-17-22-23(19-11-7-4-8-12-19)24-25-28(22)21-16-26(15-20(21)27)14-18-9-5-3-6-10-18;1-2/h3-12,20-21H,2,13-17H2,1H3;2H. The lowest BCUT2D eigenvalue weighted by Gasteiger charge is -2.37. The van der Waals surface area contributed by atoms with Crippen LogP contribution >= 0.6 is 11.9 Å². The van der Waals surface area contributed by atoms with Crippen LogP contribution in [0, 0.1) is 0 Å². The van der Waals surface area contributed by atoms with Crippen LogP contribution in [0.2, 0.25) is 0 Å². The lowest BCUT2D eigenvalue weighted by atomic mass is 10.0. The topological polar surface area (TPSA) is 57.4 Å². The van der Waals surface area contributed by atoms with E-state index in [4.69, 9.17) is 4.66 Å². The van der Waals surface area contributed by atoms with Gasteiger partial charge in [-0.3, -0.25) is 14.5 Å². The highest BCUT2D eigenvalue weighted by atomic mass is 35.5. The second kappa shape index (κ2) is 9.71. The average Bonchev–Trinajstić information content (AvgIpc) is 3.41. The molecule has 0 bridgehead atoms. The van der Waals surface area contributed by atoms with Crippen LogP contribution in [0.4, 0.5) is 0 Å². The van der Waals surface area contributed by atoms with E-state index >= 15 is 0 Å². The zero-order valence-corrected chi connectivity index (χ0v) is 18.0. The summed E-state index contributed by atoms with van der Waals surface area (Å²) in [6.07, 6.45) is 1.17. The summed E-state index contributed by atoms with van der Waals surface area (Å²) < 4.78 is 8.70. The van der Waals surface area contributed by atoms with Crippen LogP contribution in [-0.4, -0.2) is 55.1 Å². The Kier molecular flexibility index (Phi) is 6.79. The molecule has 2 aliphatic heterocycles. The highest BCUT2D eigenvalue weighted by Gasteiger charge is 2.43. The molecule has 3 heterocycles. The molecule has 1 saturated heterocycles. The fourth-order valence-electron chi connectivity index (χ4n) is 4.81. The van der Waals surface area contributed by atoms with Gasteiger partial charge in [0.05, 0.1) is 23.6 Å². The molecule has 1 N–H and O–H groups in total. The predicted octanol–water partition coefficient (Wildman–Crippen LogP) is 3.73. The van der Waals surface area contributed by atoms with Gasteiger partial charge in [0.1, 0.15) is 5.69 Å². The van der Waals surface area contributed by atoms with Crippen molar-refractivity contribution in [3.05, 3.63) is 71.9 Å². The first-order chi connectivity index (χ1) is 14.8. The van der Waals surface area contributed by atoms with Gasteiger partial charge >= 0.3 is 0 Å². The molecule has 3 aromatic rings. The summed E-state index contributed by atoms with van der Waals surface area (Å²) in [5.41, 5.74) is 4.86. The van der Waals surface area contributed by atoms with Crippen molar-refractivity contribution in [2.45, 2.75) is 38.5 Å². The molecule has 6 nitrogen and oxygen atoms in total. The van der Waals surface area contributed by atoms with Crippen molar-refractivity contribution in [1.29, 1.82) is 0 Å². The van der Waals surface area contributed by atoms with Crippen molar-refractivity contribution < 1.29 is 4.66 Å². The van der Waals surface area contributed by atoms with E-state index in [0.717, 1.165) is 44.0 Å². The van der Waals surface area contributed by atoms with E-state index in [0.29, 0.717) is 12.1 Å². The number of rotatable bonds is 5. The number of likely N-dealkylation sites (tertiary alicyclic amines) is 1. The van der Waals surface area contributed by atoms with Crippen LogP contribution in [0.1, 0.15) is 30.6 Å². The van der Waals surface area contributed by atoms with Crippen LogP contribution in [0.25, 0.3) is 11.3 Å². The molecule has 5 rings (SSSR count). The largest absolute Gasteiger partial charge is 0.295 e. The SMILES string of the molecule is CCCN1Cc2c(-c3ccccc3)nnn2C2CN(Cc3ccccc3)CC21.OCl. The third kappa shape index (κ3) is 4.14. The molecule has 158 valence electrons. The smallest absolute Gasteiger partial charge is 0.117 e. The molecule has 2 atom stereocenters. The highest BCUT2D eigenvalue weighted by Crippen LogP contribution is 2.36. The third-order valence-corrected chi connectivity index (χ3v) is 6.07. The number of aromatic nitrogens is 3. The van der Waals surface area contributed by atoms with E-state index < -0.39 is 0 Å². The zero-order valence-electron chi connectivity index (χ0n) is 17.2. The average molecular weight is 426 g/mol. The molecular weight excluding hydrogens is 398 g/mol. The number of halogens is 1. The van der Waals surface area contributed by atoms with Crippen LogP contribution < -0.4 is 0 Å². The Morgan fingerprint density at radius 2 is 1.63 bits per heavy atom. The monoisotopic (exact) mass is 425 g/mol. The summed E-state index contributed by atoms with van der Waals surface area (Å²) in [5.74, 6) is 0. The molecule has 0 spiro atoms. The molecule has 2 aliphatic rings. The third-order valence-electron chi connectivity index (χ3n) is 6.07. The van der Waals surface area contributed by atoms with E-state index in [9.17, 15) is 0 Å². The van der Waals surface area contributed by atoms with E-state index in [1.165, 1.54) is 17.7 Å². The first-order valence-electron chi connectivity index (χ1n) is 10.5. The van der Waals surface area contributed by atoms with Gasteiger partial charge in [-0.1, -0.05) is 72.8 Å². The second-order valence-electron chi connectivity index (χ2n) is 7.98. The first-order valence-corrected chi connectivity index (χ1v) is 10.8. The maximum absolute atomic E-state index is 6.47. The highest BCUT2D eigenvalue weighted by molar-refractivity contribution is 6.04. The fraction of sp³-hybridized carbons (Fsp3) is 0.391. The minimum Gasteiger partial charge on any atom is -0.295 e. The number of nitrogens with zero attached hydrogens (tertiary/aromatic N) is 5. The summed E-state index contributed by atoms with van der Waals surface area (Å²) in [6.45, 7) is 7.46. The van der Waals surface area contributed by atoms with Crippen molar-refractivity contribution in [2.24, 2.45) is 0 Å². The summed E-state index contributed by atoms with van der Waals surface area (Å²) >= 11 is 3.64. The molecule has 7 heteroatoms. The van der Waals surface area contributed by atoms with E-state index in [2.05, 4.69) is 104 Å². The molecule has 1 aromatic heterocycles. The molecule has 0 amide bonds. The van der Waals surface area contributed by atoms with Gasteiger partial charge in [0.15, 0.2) is 0 Å². The van der Waals surface area contributed by atoms with Gasteiger partial charge in [-0.2, -0.15) is 0 Å². The van der Waals surface area contributed by atoms with Gasteiger partial charge in [-0.15, -0.1) is 5.10 Å². The Labute approximate surface area is 182 Å². The second-order valence-corrected chi connectivity index (χ2v) is 7.98. The maximum atomic E-state index is 6.47.